The van der Waals surface area contributed by atoms with E-state index in [0.29, 0.717) is 25.1 Å². The van der Waals surface area contributed by atoms with Gasteiger partial charge in [-0.3, -0.25) is 14.4 Å². The standard InChI is InChI=1S/C16H24N4O3S.ClH/c17-13(21)11-9-24-12-8-16(15(23)20(11)12)5-1-2-7-19(16)14(22)10-4-3-6-18-10;/h10-12,18H,1-9H2,(H2,17,21);1H/t10-,11+,12+,16-;/m0./s1. The molecule has 3 amide bonds. The zero-order valence-corrected chi connectivity index (χ0v) is 15.7. The topological polar surface area (TPSA) is 95.7 Å². The van der Waals surface area contributed by atoms with Crippen molar-refractivity contribution >= 4 is 41.9 Å². The Morgan fingerprint density at radius 1 is 1.28 bits per heavy atom. The molecule has 4 atom stereocenters. The molecule has 7 nitrogen and oxygen atoms in total. The summed E-state index contributed by atoms with van der Waals surface area (Å²) in [6.45, 7) is 1.49. The third kappa shape index (κ3) is 2.82. The highest BCUT2D eigenvalue weighted by Crippen LogP contribution is 2.48. The highest BCUT2D eigenvalue weighted by Gasteiger charge is 2.61. The summed E-state index contributed by atoms with van der Waals surface area (Å²) in [5, 5.41) is 3.23. The van der Waals surface area contributed by atoms with Gasteiger partial charge in [0.15, 0.2) is 0 Å². The Balaban J connectivity index is 0.00000182. The zero-order chi connectivity index (χ0) is 16.9. The van der Waals surface area contributed by atoms with Gasteiger partial charge in [-0.15, -0.1) is 24.2 Å². The summed E-state index contributed by atoms with van der Waals surface area (Å²) in [6, 6.07) is -0.696. The molecule has 0 aromatic rings. The van der Waals surface area contributed by atoms with Gasteiger partial charge in [0.2, 0.25) is 17.7 Å². The van der Waals surface area contributed by atoms with E-state index in [1.165, 1.54) is 0 Å². The summed E-state index contributed by atoms with van der Waals surface area (Å²) in [5.74, 6) is 0.121. The third-order valence-electron chi connectivity index (χ3n) is 5.93. The molecule has 140 valence electrons. The lowest BCUT2D eigenvalue weighted by Crippen LogP contribution is -2.62. The lowest BCUT2D eigenvalue weighted by atomic mass is 9.84. The predicted molar refractivity (Wildman–Crippen MR) is 97.3 cm³/mol. The van der Waals surface area contributed by atoms with Gasteiger partial charge in [-0.25, -0.2) is 0 Å². The van der Waals surface area contributed by atoms with Crippen molar-refractivity contribution in [3.8, 4) is 0 Å². The van der Waals surface area contributed by atoms with Crippen LogP contribution in [0, 0.1) is 0 Å². The quantitative estimate of drug-likeness (QED) is 0.698. The van der Waals surface area contributed by atoms with Gasteiger partial charge in [0.05, 0.1) is 11.4 Å². The predicted octanol–water partition coefficient (Wildman–Crippen LogP) is 0.0706. The molecule has 0 radical (unpaired) electrons. The van der Waals surface area contributed by atoms with Gasteiger partial charge >= 0.3 is 0 Å². The zero-order valence-electron chi connectivity index (χ0n) is 14.1. The lowest BCUT2D eigenvalue weighted by molar-refractivity contribution is -0.154. The summed E-state index contributed by atoms with van der Waals surface area (Å²) in [4.78, 5) is 41.5. The van der Waals surface area contributed by atoms with Crippen molar-refractivity contribution in [2.24, 2.45) is 5.73 Å². The van der Waals surface area contributed by atoms with Gasteiger partial charge in [0.25, 0.3) is 0 Å². The van der Waals surface area contributed by atoms with Crippen LogP contribution in [0.3, 0.4) is 0 Å². The molecule has 4 saturated heterocycles. The summed E-state index contributed by atoms with van der Waals surface area (Å²) < 4.78 is 0. The van der Waals surface area contributed by atoms with Crippen molar-refractivity contribution in [3.63, 3.8) is 0 Å². The molecule has 9 heteroatoms. The molecule has 0 aliphatic carbocycles. The number of thioether (sulfide) groups is 1. The number of nitrogens with one attached hydrogen (secondary N) is 1. The average Bonchev–Trinajstić information content (AvgIpc) is 3.27. The largest absolute Gasteiger partial charge is 0.368 e. The van der Waals surface area contributed by atoms with E-state index in [9.17, 15) is 14.4 Å². The molecule has 4 rings (SSSR count). The smallest absolute Gasteiger partial charge is 0.250 e. The van der Waals surface area contributed by atoms with Crippen molar-refractivity contribution in [2.45, 2.75) is 61.5 Å². The van der Waals surface area contributed by atoms with Crippen LogP contribution in [-0.4, -0.2) is 69.4 Å². The minimum atomic E-state index is -0.759. The Labute approximate surface area is 157 Å². The fourth-order valence-corrected chi connectivity index (χ4v) is 6.23. The van der Waals surface area contributed by atoms with E-state index in [1.54, 1.807) is 16.7 Å². The summed E-state index contributed by atoms with van der Waals surface area (Å²) in [7, 11) is 0. The number of carbonyl (C=O) groups is 3. The third-order valence-corrected chi connectivity index (χ3v) is 7.22. The van der Waals surface area contributed by atoms with Crippen molar-refractivity contribution in [3.05, 3.63) is 0 Å². The number of primary amides is 1. The molecule has 1 spiro atoms. The normalized spacial score (nSPS) is 37.3. The molecule has 0 aromatic heterocycles. The number of halogens is 1. The maximum absolute atomic E-state index is 13.3. The molecule has 0 aromatic carbocycles. The molecule has 3 N–H and O–H groups in total. The van der Waals surface area contributed by atoms with E-state index in [-0.39, 0.29) is 35.6 Å². The Hall–Kier alpha value is -0.990. The van der Waals surface area contributed by atoms with Crippen molar-refractivity contribution in [1.82, 2.24) is 15.1 Å². The van der Waals surface area contributed by atoms with E-state index in [2.05, 4.69) is 5.32 Å². The van der Waals surface area contributed by atoms with Crippen LogP contribution < -0.4 is 11.1 Å². The summed E-state index contributed by atoms with van der Waals surface area (Å²) >= 11 is 1.62. The molecule has 4 aliphatic heterocycles. The number of piperidine rings is 1. The van der Waals surface area contributed by atoms with E-state index in [1.807, 2.05) is 4.90 Å². The molecule has 4 fully saturated rings. The molecular weight excluding hydrogens is 364 g/mol. The van der Waals surface area contributed by atoms with Crippen LogP contribution >= 0.6 is 24.2 Å². The molecule has 0 bridgehead atoms. The van der Waals surface area contributed by atoms with Gasteiger partial charge in [-0.05, 0) is 38.6 Å². The highest BCUT2D eigenvalue weighted by molar-refractivity contribution is 8.00. The van der Waals surface area contributed by atoms with Gasteiger partial charge < -0.3 is 20.9 Å². The van der Waals surface area contributed by atoms with Crippen LogP contribution in [0.15, 0.2) is 0 Å². The lowest BCUT2D eigenvalue weighted by Gasteiger charge is -2.44. The maximum Gasteiger partial charge on any atom is 0.250 e. The number of hydrogen-bond acceptors (Lipinski definition) is 5. The Morgan fingerprint density at radius 2 is 2.08 bits per heavy atom. The number of rotatable bonds is 2. The van der Waals surface area contributed by atoms with Crippen LogP contribution in [0.25, 0.3) is 0 Å². The van der Waals surface area contributed by atoms with E-state index < -0.39 is 17.5 Å². The number of nitrogens with two attached hydrogens (primary N) is 1. The molecule has 4 heterocycles. The first-order valence-electron chi connectivity index (χ1n) is 8.83. The number of amides is 3. The van der Waals surface area contributed by atoms with E-state index in [4.69, 9.17) is 5.73 Å². The fourth-order valence-electron chi connectivity index (χ4n) is 4.70. The number of likely N-dealkylation sites (tertiary alicyclic amines) is 1. The summed E-state index contributed by atoms with van der Waals surface area (Å²) in [5.41, 5.74) is 4.73. The van der Waals surface area contributed by atoms with Gasteiger partial charge in [-0.2, -0.15) is 0 Å². The maximum atomic E-state index is 13.3. The molecule has 0 saturated carbocycles. The first kappa shape index (κ1) is 18.8. The van der Waals surface area contributed by atoms with E-state index in [0.717, 1.165) is 32.2 Å². The van der Waals surface area contributed by atoms with Crippen LogP contribution in [0.2, 0.25) is 0 Å². The monoisotopic (exact) mass is 388 g/mol. The van der Waals surface area contributed by atoms with Crippen LogP contribution in [0.5, 0.6) is 0 Å². The number of hydrogen-bond donors (Lipinski definition) is 2. The van der Waals surface area contributed by atoms with Crippen LogP contribution in [0.1, 0.15) is 38.5 Å². The number of carbonyl (C=O) groups excluding carboxylic acids is 3. The second kappa shape index (κ2) is 6.96. The van der Waals surface area contributed by atoms with E-state index >= 15 is 0 Å². The summed E-state index contributed by atoms with van der Waals surface area (Å²) in [6.07, 6.45) is 5.04. The number of nitrogens with zero attached hydrogens (tertiary/aromatic N) is 2. The Kier molecular flexibility index (Phi) is 5.23. The van der Waals surface area contributed by atoms with Crippen molar-refractivity contribution < 1.29 is 14.4 Å². The van der Waals surface area contributed by atoms with Crippen molar-refractivity contribution in [2.75, 3.05) is 18.8 Å². The average molecular weight is 389 g/mol. The fraction of sp³-hybridized carbons (Fsp3) is 0.812. The minimum Gasteiger partial charge on any atom is -0.368 e. The second-order valence-corrected chi connectivity index (χ2v) is 8.46. The second-order valence-electron chi connectivity index (χ2n) is 7.25. The molecule has 4 aliphatic rings. The van der Waals surface area contributed by atoms with Crippen molar-refractivity contribution in [1.29, 1.82) is 0 Å². The van der Waals surface area contributed by atoms with Gasteiger partial charge in [-0.1, -0.05) is 0 Å². The SMILES string of the molecule is Cl.NC(=O)[C@H]1CS[C@@H]2C[C@@]3(CCCCN3C(=O)[C@@H]3CCCN3)C(=O)N12. The molecular formula is C16H25ClN4O3S. The molecule has 0 unspecified atom stereocenters. The Morgan fingerprint density at radius 3 is 2.76 bits per heavy atom. The number of fused-ring (bicyclic) bond motifs is 1. The highest BCUT2D eigenvalue weighted by atomic mass is 35.5. The molecule has 25 heavy (non-hydrogen) atoms. The van der Waals surface area contributed by atoms with Crippen LogP contribution in [0.4, 0.5) is 0 Å². The van der Waals surface area contributed by atoms with Gasteiger partial charge in [0, 0.05) is 18.7 Å². The first-order valence-corrected chi connectivity index (χ1v) is 9.88. The van der Waals surface area contributed by atoms with Gasteiger partial charge in [0.1, 0.15) is 11.6 Å². The first-order chi connectivity index (χ1) is 11.5. The Bertz CT molecular complexity index is 586. The minimum absolute atomic E-state index is 0. The van der Waals surface area contributed by atoms with Crippen LogP contribution in [-0.2, 0) is 14.4 Å².